The topological polar surface area (TPSA) is 64.3 Å². The summed E-state index contributed by atoms with van der Waals surface area (Å²) in [6.45, 7) is 4.56. The molecule has 0 radical (unpaired) electrons. The summed E-state index contributed by atoms with van der Waals surface area (Å²) < 4.78 is 5.38. The Morgan fingerprint density at radius 1 is 1.38 bits per heavy atom. The SMILES string of the molecule is CCOc1ccc(NC(=O)C2CCCCC2(C)N)cc1.Cl. The molecule has 5 heteroatoms. The molecule has 1 aliphatic rings. The number of benzene rings is 1. The number of nitrogens with one attached hydrogen (secondary N) is 1. The Hall–Kier alpha value is -1.26. The molecule has 0 bridgehead atoms. The van der Waals surface area contributed by atoms with Crippen molar-refractivity contribution >= 4 is 24.0 Å². The molecule has 1 amide bonds. The van der Waals surface area contributed by atoms with Crippen LogP contribution in [0.4, 0.5) is 5.69 Å². The average molecular weight is 313 g/mol. The lowest BCUT2D eigenvalue weighted by atomic mass is 9.74. The van der Waals surface area contributed by atoms with E-state index in [0.29, 0.717) is 6.61 Å². The first-order chi connectivity index (χ1) is 9.53. The van der Waals surface area contributed by atoms with E-state index in [9.17, 15) is 4.79 Å². The number of ether oxygens (including phenoxy) is 1. The van der Waals surface area contributed by atoms with Gasteiger partial charge in [-0.15, -0.1) is 12.4 Å². The minimum atomic E-state index is -0.395. The van der Waals surface area contributed by atoms with Crippen molar-refractivity contribution in [3.63, 3.8) is 0 Å². The average Bonchev–Trinajstić information content (AvgIpc) is 2.40. The van der Waals surface area contributed by atoms with E-state index >= 15 is 0 Å². The van der Waals surface area contributed by atoms with Gasteiger partial charge in [0.2, 0.25) is 5.91 Å². The first-order valence-electron chi connectivity index (χ1n) is 7.35. The summed E-state index contributed by atoms with van der Waals surface area (Å²) in [5.41, 5.74) is 6.66. The van der Waals surface area contributed by atoms with Crippen LogP contribution in [0.3, 0.4) is 0 Å². The number of nitrogens with two attached hydrogens (primary N) is 1. The summed E-state index contributed by atoms with van der Waals surface area (Å²) in [7, 11) is 0. The molecule has 1 aromatic rings. The van der Waals surface area contributed by atoms with Crippen molar-refractivity contribution in [2.24, 2.45) is 11.7 Å². The minimum Gasteiger partial charge on any atom is -0.494 e. The third-order valence-corrected chi connectivity index (χ3v) is 4.00. The highest BCUT2D eigenvalue weighted by Crippen LogP contribution is 2.32. The molecule has 2 atom stereocenters. The van der Waals surface area contributed by atoms with Crippen LogP contribution >= 0.6 is 12.4 Å². The molecule has 1 saturated carbocycles. The Bertz CT molecular complexity index is 460. The van der Waals surface area contributed by atoms with Gasteiger partial charge in [-0.05, 0) is 51.0 Å². The zero-order chi connectivity index (χ0) is 14.6. The Labute approximate surface area is 132 Å². The molecule has 2 rings (SSSR count). The standard InChI is InChI=1S/C16H24N2O2.ClH/c1-3-20-13-9-7-12(8-10-13)18-15(19)14-6-4-5-11-16(14,2)17;/h7-10,14H,3-6,11,17H2,1-2H3,(H,18,19);1H. The predicted octanol–water partition coefficient (Wildman–Crippen LogP) is 3.35. The number of anilines is 1. The van der Waals surface area contributed by atoms with E-state index in [2.05, 4.69) is 5.32 Å². The van der Waals surface area contributed by atoms with E-state index in [0.717, 1.165) is 37.1 Å². The van der Waals surface area contributed by atoms with Crippen LogP contribution in [0, 0.1) is 5.92 Å². The van der Waals surface area contributed by atoms with Crippen molar-refractivity contribution < 1.29 is 9.53 Å². The molecule has 118 valence electrons. The molecular weight excluding hydrogens is 288 g/mol. The maximum atomic E-state index is 12.4. The van der Waals surface area contributed by atoms with Crippen LogP contribution in [0.25, 0.3) is 0 Å². The van der Waals surface area contributed by atoms with Crippen LogP contribution < -0.4 is 15.8 Å². The zero-order valence-corrected chi connectivity index (χ0v) is 13.5. The number of halogens is 1. The first-order valence-corrected chi connectivity index (χ1v) is 7.35. The van der Waals surface area contributed by atoms with Crippen molar-refractivity contribution in [1.29, 1.82) is 0 Å². The number of hydrogen-bond donors (Lipinski definition) is 2. The van der Waals surface area contributed by atoms with Gasteiger partial charge in [0.1, 0.15) is 5.75 Å². The number of carbonyl (C=O) groups is 1. The molecular formula is C16H25ClN2O2. The van der Waals surface area contributed by atoms with Crippen LogP contribution in [-0.4, -0.2) is 18.1 Å². The van der Waals surface area contributed by atoms with Crippen LogP contribution in [0.15, 0.2) is 24.3 Å². The summed E-state index contributed by atoms with van der Waals surface area (Å²) in [6.07, 6.45) is 3.97. The van der Waals surface area contributed by atoms with Gasteiger partial charge in [0, 0.05) is 11.2 Å². The van der Waals surface area contributed by atoms with Crippen molar-refractivity contribution in [2.75, 3.05) is 11.9 Å². The maximum absolute atomic E-state index is 12.4. The summed E-state index contributed by atoms with van der Waals surface area (Å²) in [4.78, 5) is 12.4. The number of hydrogen-bond acceptors (Lipinski definition) is 3. The molecule has 0 saturated heterocycles. The third-order valence-electron chi connectivity index (χ3n) is 4.00. The number of amides is 1. The summed E-state index contributed by atoms with van der Waals surface area (Å²) in [5.74, 6) is 0.730. The number of rotatable bonds is 4. The lowest BCUT2D eigenvalue weighted by Crippen LogP contribution is -2.51. The molecule has 2 unspecified atom stereocenters. The Morgan fingerprint density at radius 3 is 2.62 bits per heavy atom. The Balaban J connectivity index is 0.00000220. The normalized spacial score (nSPS) is 24.8. The molecule has 3 N–H and O–H groups in total. The molecule has 0 spiro atoms. The van der Waals surface area contributed by atoms with Gasteiger partial charge in [-0.2, -0.15) is 0 Å². The van der Waals surface area contributed by atoms with Gasteiger partial charge in [-0.3, -0.25) is 4.79 Å². The third kappa shape index (κ3) is 4.61. The van der Waals surface area contributed by atoms with Crippen molar-refractivity contribution in [3.05, 3.63) is 24.3 Å². The van der Waals surface area contributed by atoms with Gasteiger partial charge in [-0.1, -0.05) is 12.8 Å². The second-order valence-corrected chi connectivity index (χ2v) is 5.75. The van der Waals surface area contributed by atoms with Crippen LogP contribution in [-0.2, 0) is 4.79 Å². The van der Waals surface area contributed by atoms with Gasteiger partial charge in [0.25, 0.3) is 0 Å². The maximum Gasteiger partial charge on any atom is 0.229 e. The summed E-state index contributed by atoms with van der Waals surface area (Å²) in [5, 5.41) is 2.96. The van der Waals surface area contributed by atoms with Crippen molar-refractivity contribution in [2.45, 2.75) is 45.1 Å². The van der Waals surface area contributed by atoms with Crippen LogP contribution in [0.1, 0.15) is 39.5 Å². The smallest absolute Gasteiger partial charge is 0.229 e. The van der Waals surface area contributed by atoms with Gasteiger partial charge in [0.15, 0.2) is 0 Å². The van der Waals surface area contributed by atoms with Crippen LogP contribution in [0.2, 0.25) is 0 Å². The molecule has 0 heterocycles. The monoisotopic (exact) mass is 312 g/mol. The molecule has 1 aliphatic carbocycles. The Kier molecular flexibility index (Phi) is 6.49. The summed E-state index contributed by atoms with van der Waals surface area (Å²) >= 11 is 0. The van der Waals surface area contributed by atoms with Gasteiger partial charge >= 0.3 is 0 Å². The lowest BCUT2D eigenvalue weighted by Gasteiger charge is -2.37. The minimum absolute atomic E-state index is 0. The fourth-order valence-corrected chi connectivity index (χ4v) is 2.82. The van der Waals surface area contributed by atoms with Gasteiger partial charge in [0.05, 0.1) is 12.5 Å². The lowest BCUT2D eigenvalue weighted by molar-refractivity contribution is -0.122. The second-order valence-electron chi connectivity index (χ2n) is 5.75. The fourth-order valence-electron chi connectivity index (χ4n) is 2.82. The molecule has 0 aliphatic heterocycles. The van der Waals surface area contributed by atoms with E-state index in [1.54, 1.807) is 0 Å². The quantitative estimate of drug-likeness (QED) is 0.896. The van der Waals surface area contributed by atoms with E-state index in [-0.39, 0.29) is 24.2 Å². The molecule has 21 heavy (non-hydrogen) atoms. The van der Waals surface area contributed by atoms with Crippen molar-refractivity contribution in [3.8, 4) is 5.75 Å². The molecule has 4 nitrogen and oxygen atoms in total. The number of carbonyl (C=O) groups excluding carboxylic acids is 1. The fraction of sp³-hybridized carbons (Fsp3) is 0.562. The molecule has 1 aromatic carbocycles. The summed E-state index contributed by atoms with van der Waals surface area (Å²) in [6, 6.07) is 7.45. The predicted molar refractivity (Wildman–Crippen MR) is 88.0 cm³/mol. The van der Waals surface area contributed by atoms with E-state index < -0.39 is 5.54 Å². The van der Waals surface area contributed by atoms with Gasteiger partial charge in [-0.25, -0.2) is 0 Å². The largest absolute Gasteiger partial charge is 0.494 e. The Morgan fingerprint density at radius 2 is 2.05 bits per heavy atom. The van der Waals surface area contributed by atoms with E-state index in [1.807, 2.05) is 38.1 Å². The van der Waals surface area contributed by atoms with Gasteiger partial charge < -0.3 is 15.8 Å². The molecule has 1 fully saturated rings. The zero-order valence-electron chi connectivity index (χ0n) is 12.7. The highest BCUT2D eigenvalue weighted by atomic mass is 35.5. The van der Waals surface area contributed by atoms with E-state index in [4.69, 9.17) is 10.5 Å². The first kappa shape index (κ1) is 17.8. The van der Waals surface area contributed by atoms with Crippen LogP contribution in [0.5, 0.6) is 5.75 Å². The molecule has 0 aromatic heterocycles. The highest BCUT2D eigenvalue weighted by Gasteiger charge is 2.37. The van der Waals surface area contributed by atoms with E-state index in [1.165, 1.54) is 0 Å². The second kappa shape index (κ2) is 7.66. The highest BCUT2D eigenvalue weighted by molar-refractivity contribution is 5.93. The van der Waals surface area contributed by atoms with Crippen molar-refractivity contribution in [1.82, 2.24) is 0 Å².